The summed E-state index contributed by atoms with van der Waals surface area (Å²) >= 11 is 0. The van der Waals surface area contributed by atoms with Crippen molar-refractivity contribution in [2.24, 2.45) is 5.92 Å². The summed E-state index contributed by atoms with van der Waals surface area (Å²) in [5, 5.41) is 19.8. The van der Waals surface area contributed by atoms with Crippen molar-refractivity contribution >= 4 is 17.3 Å². The predicted molar refractivity (Wildman–Crippen MR) is 90.8 cm³/mol. The Morgan fingerprint density at radius 2 is 1.69 bits per heavy atom. The fraction of sp³-hybridized carbons (Fsp3) is 0.250. The molecule has 0 spiro atoms. The molecule has 6 nitrogen and oxygen atoms in total. The Hall–Kier alpha value is -2.83. The molecular formula is C20H16O6. The van der Waals surface area contributed by atoms with Gasteiger partial charge < -0.3 is 14.9 Å². The lowest BCUT2D eigenvalue weighted by molar-refractivity contribution is 0.0474. The van der Waals surface area contributed by atoms with E-state index in [1.165, 1.54) is 25.3 Å². The maximum absolute atomic E-state index is 13.1. The number of aliphatic hydroxyl groups excluding tert-OH is 2. The van der Waals surface area contributed by atoms with E-state index in [0.29, 0.717) is 5.75 Å². The quantitative estimate of drug-likeness (QED) is 0.728. The van der Waals surface area contributed by atoms with E-state index in [-0.39, 0.29) is 58.0 Å². The van der Waals surface area contributed by atoms with Crippen LogP contribution < -0.4 is 4.74 Å². The summed E-state index contributed by atoms with van der Waals surface area (Å²) in [5.41, 5.74) is 0.909. The molecule has 132 valence electrons. The summed E-state index contributed by atoms with van der Waals surface area (Å²) < 4.78 is 5.22. The van der Waals surface area contributed by atoms with E-state index < -0.39 is 17.8 Å². The number of ketones is 3. The van der Waals surface area contributed by atoms with E-state index >= 15 is 0 Å². The van der Waals surface area contributed by atoms with Crippen LogP contribution in [0.25, 0.3) is 0 Å². The fourth-order valence-corrected chi connectivity index (χ4v) is 3.85. The van der Waals surface area contributed by atoms with Gasteiger partial charge >= 0.3 is 0 Å². The molecule has 0 heterocycles. The van der Waals surface area contributed by atoms with Crippen LogP contribution in [0, 0.1) is 5.92 Å². The Kier molecular flexibility index (Phi) is 3.75. The molecule has 6 heteroatoms. The predicted octanol–water partition coefficient (Wildman–Crippen LogP) is 1.70. The summed E-state index contributed by atoms with van der Waals surface area (Å²) in [6.45, 7) is -0.337. The van der Waals surface area contributed by atoms with Crippen LogP contribution >= 0.6 is 0 Å². The number of methoxy groups -OCH3 is 1. The van der Waals surface area contributed by atoms with Crippen LogP contribution in [0.5, 0.6) is 5.75 Å². The second-order valence-electron chi connectivity index (χ2n) is 6.51. The highest BCUT2D eigenvalue weighted by atomic mass is 16.5. The van der Waals surface area contributed by atoms with E-state index in [9.17, 15) is 24.6 Å². The minimum atomic E-state index is -1.06. The van der Waals surface area contributed by atoms with Crippen molar-refractivity contribution in [1.82, 2.24) is 0 Å². The van der Waals surface area contributed by atoms with Gasteiger partial charge in [0.25, 0.3) is 0 Å². The van der Waals surface area contributed by atoms with E-state index in [4.69, 9.17) is 4.74 Å². The first-order valence-electron chi connectivity index (χ1n) is 8.25. The molecule has 0 saturated carbocycles. The summed E-state index contributed by atoms with van der Waals surface area (Å²) in [5.74, 6) is -1.49. The molecule has 0 bridgehead atoms. The van der Waals surface area contributed by atoms with Gasteiger partial charge in [0.1, 0.15) is 5.75 Å². The number of carbonyl (C=O) groups excluding carboxylic acids is 3. The number of Topliss-reactive ketones (excluding diaryl/α,β-unsaturated/α-hetero) is 1. The highest BCUT2D eigenvalue weighted by Gasteiger charge is 2.41. The summed E-state index contributed by atoms with van der Waals surface area (Å²) in [7, 11) is 1.42. The van der Waals surface area contributed by atoms with Gasteiger partial charge in [-0.25, -0.2) is 0 Å². The van der Waals surface area contributed by atoms with Gasteiger partial charge in [0.2, 0.25) is 0 Å². The molecule has 0 aliphatic heterocycles. The summed E-state index contributed by atoms with van der Waals surface area (Å²) in [6, 6.07) is 7.70. The Labute approximate surface area is 149 Å². The standard InChI is InChI=1S/C20H16O6/c1-26-14-4-2-3-10-16(14)19(24)12-6-5-11-15(17(12)20(10)25)13(22)7-9(8-21)18(11)23/h2-6,9,18,21,23H,7-8H2,1H3. The number of aliphatic hydroxyl groups is 2. The lowest BCUT2D eigenvalue weighted by Gasteiger charge is -2.31. The molecule has 0 radical (unpaired) electrons. The number of hydrogen-bond donors (Lipinski definition) is 2. The Bertz CT molecular complexity index is 975. The van der Waals surface area contributed by atoms with Gasteiger partial charge in [-0.1, -0.05) is 18.2 Å². The zero-order chi connectivity index (χ0) is 18.6. The van der Waals surface area contributed by atoms with E-state index in [2.05, 4.69) is 0 Å². The second-order valence-corrected chi connectivity index (χ2v) is 6.51. The third-order valence-corrected chi connectivity index (χ3v) is 5.15. The number of carbonyl (C=O) groups is 3. The third-order valence-electron chi connectivity index (χ3n) is 5.15. The van der Waals surface area contributed by atoms with Crippen molar-refractivity contribution in [2.75, 3.05) is 13.7 Å². The van der Waals surface area contributed by atoms with Crippen LogP contribution in [-0.2, 0) is 0 Å². The lowest BCUT2D eigenvalue weighted by Crippen LogP contribution is -2.32. The molecule has 0 aromatic heterocycles. The van der Waals surface area contributed by atoms with Crippen LogP contribution in [0.15, 0.2) is 30.3 Å². The zero-order valence-corrected chi connectivity index (χ0v) is 14.0. The molecular weight excluding hydrogens is 336 g/mol. The maximum Gasteiger partial charge on any atom is 0.198 e. The molecule has 2 aliphatic carbocycles. The molecule has 0 saturated heterocycles. The monoisotopic (exact) mass is 352 g/mol. The normalized spacial score (nSPS) is 21.1. The number of benzene rings is 2. The van der Waals surface area contributed by atoms with Crippen LogP contribution in [0.1, 0.15) is 60.3 Å². The molecule has 2 aliphatic rings. The molecule has 0 amide bonds. The third kappa shape index (κ3) is 2.09. The van der Waals surface area contributed by atoms with E-state index in [1.807, 2.05) is 0 Å². The average molecular weight is 352 g/mol. The molecule has 2 N–H and O–H groups in total. The van der Waals surface area contributed by atoms with Gasteiger partial charge in [0.15, 0.2) is 17.3 Å². The number of ether oxygens (including phenoxy) is 1. The van der Waals surface area contributed by atoms with Gasteiger partial charge in [0.05, 0.1) is 18.8 Å². The van der Waals surface area contributed by atoms with Gasteiger partial charge in [0, 0.05) is 41.2 Å². The van der Waals surface area contributed by atoms with Crippen molar-refractivity contribution in [3.8, 4) is 5.75 Å². The summed E-state index contributed by atoms with van der Waals surface area (Å²) in [6.07, 6.45) is -1.14. The maximum atomic E-state index is 13.1. The molecule has 26 heavy (non-hydrogen) atoms. The van der Waals surface area contributed by atoms with Crippen LogP contribution in [0.3, 0.4) is 0 Å². The van der Waals surface area contributed by atoms with Gasteiger partial charge in [-0.2, -0.15) is 0 Å². The van der Waals surface area contributed by atoms with Crippen LogP contribution in [-0.4, -0.2) is 41.3 Å². The number of fused-ring (bicyclic) bond motifs is 4. The minimum Gasteiger partial charge on any atom is -0.496 e. The first-order chi connectivity index (χ1) is 12.5. The zero-order valence-electron chi connectivity index (χ0n) is 14.0. The minimum absolute atomic E-state index is 0.0358. The first-order valence-corrected chi connectivity index (χ1v) is 8.25. The molecule has 2 unspecified atom stereocenters. The highest BCUT2D eigenvalue weighted by Crippen LogP contribution is 2.41. The van der Waals surface area contributed by atoms with E-state index in [0.717, 1.165) is 0 Å². The summed E-state index contributed by atoms with van der Waals surface area (Å²) in [4.78, 5) is 38.7. The van der Waals surface area contributed by atoms with Gasteiger partial charge in [-0.3, -0.25) is 14.4 Å². The fourth-order valence-electron chi connectivity index (χ4n) is 3.85. The van der Waals surface area contributed by atoms with Crippen molar-refractivity contribution in [2.45, 2.75) is 12.5 Å². The van der Waals surface area contributed by atoms with Crippen molar-refractivity contribution in [3.05, 3.63) is 63.7 Å². The van der Waals surface area contributed by atoms with Crippen molar-refractivity contribution < 1.29 is 29.3 Å². The molecule has 2 atom stereocenters. The molecule has 2 aromatic carbocycles. The van der Waals surface area contributed by atoms with E-state index in [1.54, 1.807) is 12.1 Å². The highest BCUT2D eigenvalue weighted by molar-refractivity contribution is 6.32. The Balaban J connectivity index is 1.99. The van der Waals surface area contributed by atoms with Crippen molar-refractivity contribution in [1.29, 1.82) is 0 Å². The van der Waals surface area contributed by atoms with Gasteiger partial charge in [-0.15, -0.1) is 0 Å². The molecule has 4 rings (SSSR count). The average Bonchev–Trinajstić information content (AvgIpc) is 2.67. The number of rotatable bonds is 2. The van der Waals surface area contributed by atoms with Crippen LogP contribution in [0.4, 0.5) is 0 Å². The molecule has 2 aromatic rings. The number of hydrogen-bond acceptors (Lipinski definition) is 6. The lowest BCUT2D eigenvalue weighted by atomic mass is 9.73. The van der Waals surface area contributed by atoms with Crippen LogP contribution in [0.2, 0.25) is 0 Å². The Morgan fingerprint density at radius 3 is 2.38 bits per heavy atom. The first kappa shape index (κ1) is 16.6. The second kappa shape index (κ2) is 5.86. The van der Waals surface area contributed by atoms with Gasteiger partial charge in [-0.05, 0) is 17.7 Å². The smallest absolute Gasteiger partial charge is 0.198 e. The van der Waals surface area contributed by atoms with Crippen molar-refractivity contribution in [3.63, 3.8) is 0 Å². The Morgan fingerprint density at radius 1 is 1.00 bits per heavy atom. The largest absolute Gasteiger partial charge is 0.496 e. The topological polar surface area (TPSA) is 101 Å². The molecule has 0 fully saturated rings. The SMILES string of the molecule is COc1cccc2c1C(=O)c1ccc3c(c1C2=O)C(=O)CC(CO)C3O.